The van der Waals surface area contributed by atoms with E-state index in [-0.39, 0.29) is 11.3 Å². The zero-order chi connectivity index (χ0) is 13.6. The molecule has 5 nitrogen and oxygen atoms in total. The number of hydrogen-bond donors (Lipinski definition) is 2. The number of carbonyl (C=O) groups is 1. The maximum Gasteiger partial charge on any atom is 0.229 e. The van der Waals surface area contributed by atoms with Gasteiger partial charge in [0.05, 0.1) is 18.1 Å². The van der Waals surface area contributed by atoms with Crippen LogP contribution in [-0.4, -0.2) is 52.0 Å². The highest BCUT2D eigenvalue weighted by Crippen LogP contribution is 2.26. The van der Waals surface area contributed by atoms with Crippen molar-refractivity contribution in [1.82, 2.24) is 10.6 Å². The molecule has 0 aromatic rings. The molecule has 2 aliphatic heterocycles. The van der Waals surface area contributed by atoms with Gasteiger partial charge in [0.1, 0.15) is 0 Å². The molecule has 5 heteroatoms. The molecule has 2 unspecified atom stereocenters. The summed E-state index contributed by atoms with van der Waals surface area (Å²) in [5.74, 6) is 0.121. The summed E-state index contributed by atoms with van der Waals surface area (Å²) in [6, 6.07) is 0. The van der Waals surface area contributed by atoms with Crippen molar-refractivity contribution in [2.75, 3.05) is 40.0 Å². The van der Waals surface area contributed by atoms with Crippen molar-refractivity contribution in [3.63, 3.8) is 0 Å². The molecule has 0 bridgehead atoms. The van der Waals surface area contributed by atoms with E-state index in [0.717, 1.165) is 32.4 Å². The first-order chi connectivity index (χ1) is 9.27. The minimum atomic E-state index is -0.373. The van der Waals surface area contributed by atoms with E-state index in [0.29, 0.717) is 25.8 Å². The Balaban J connectivity index is 1.73. The summed E-state index contributed by atoms with van der Waals surface area (Å²) in [5, 5.41) is 6.31. The second-order valence-corrected chi connectivity index (χ2v) is 5.67. The first kappa shape index (κ1) is 14.8. The lowest BCUT2D eigenvalue weighted by Crippen LogP contribution is -2.46. The average Bonchev–Trinajstić information content (AvgIpc) is 2.90. The maximum absolute atomic E-state index is 12.3. The third-order valence-corrected chi connectivity index (χ3v) is 4.17. The Morgan fingerprint density at radius 2 is 2.42 bits per heavy atom. The molecule has 2 atom stereocenters. The normalized spacial score (nSPS) is 31.3. The van der Waals surface area contributed by atoms with Crippen LogP contribution in [0.3, 0.4) is 0 Å². The van der Waals surface area contributed by atoms with Gasteiger partial charge in [0.25, 0.3) is 0 Å². The van der Waals surface area contributed by atoms with Gasteiger partial charge in [-0.15, -0.1) is 0 Å². The first-order valence-corrected chi connectivity index (χ1v) is 7.36. The lowest BCUT2D eigenvalue weighted by Gasteiger charge is -2.27. The Labute approximate surface area is 115 Å². The van der Waals surface area contributed by atoms with E-state index < -0.39 is 0 Å². The van der Waals surface area contributed by atoms with Crippen LogP contribution >= 0.6 is 0 Å². The molecular formula is C14H26N2O3. The molecule has 0 aliphatic carbocycles. The lowest BCUT2D eigenvalue weighted by atomic mass is 9.87. The van der Waals surface area contributed by atoms with Gasteiger partial charge in [-0.1, -0.05) is 0 Å². The van der Waals surface area contributed by atoms with E-state index >= 15 is 0 Å². The number of methoxy groups -OCH3 is 1. The number of rotatable bonds is 6. The minimum Gasteiger partial charge on any atom is -0.384 e. The summed E-state index contributed by atoms with van der Waals surface area (Å²) in [6.45, 7) is 3.67. The lowest BCUT2D eigenvalue weighted by molar-refractivity contribution is -0.133. The van der Waals surface area contributed by atoms with Crippen LogP contribution in [0.1, 0.15) is 32.1 Å². The van der Waals surface area contributed by atoms with E-state index in [1.165, 1.54) is 12.8 Å². The molecule has 2 aliphatic rings. The van der Waals surface area contributed by atoms with Gasteiger partial charge in [0.2, 0.25) is 5.91 Å². The van der Waals surface area contributed by atoms with Crippen LogP contribution in [-0.2, 0) is 14.3 Å². The second kappa shape index (κ2) is 7.22. The molecule has 2 rings (SSSR count). The fourth-order valence-electron chi connectivity index (χ4n) is 2.97. The predicted octanol–water partition coefficient (Wildman–Crippen LogP) is 0.688. The van der Waals surface area contributed by atoms with E-state index in [2.05, 4.69) is 10.6 Å². The van der Waals surface area contributed by atoms with Crippen molar-refractivity contribution < 1.29 is 14.3 Å². The molecule has 0 spiro atoms. The topological polar surface area (TPSA) is 59.6 Å². The van der Waals surface area contributed by atoms with Crippen LogP contribution in [0, 0.1) is 5.41 Å². The largest absolute Gasteiger partial charge is 0.384 e. The molecule has 0 aromatic carbocycles. The Kier molecular flexibility index (Phi) is 5.60. The van der Waals surface area contributed by atoms with Gasteiger partial charge in [0.15, 0.2) is 0 Å². The van der Waals surface area contributed by atoms with Crippen LogP contribution < -0.4 is 10.6 Å². The van der Waals surface area contributed by atoms with Gasteiger partial charge in [-0.25, -0.2) is 0 Å². The van der Waals surface area contributed by atoms with E-state index in [4.69, 9.17) is 9.47 Å². The summed E-state index contributed by atoms with van der Waals surface area (Å²) in [4.78, 5) is 12.3. The zero-order valence-electron chi connectivity index (χ0n) is 11.9. The van der Waals surface area contributed by atoms with Gasteiger partial charge < -0.3 is 20.1 Å². The molecule has 2 heterocycles. The van der Waals surface area contributed by atoms with Gasteiger partial charge in [0, 0.05) is 26.8 Å². The number of carbonyl (C=O) groups excluding carboxylic acids is 1. The third kappa shape index (κ3) is 3.91. The number of hydrogen-bond acceptors (Lipinski definition) is 4. The molecule has 2 N–H and O–H groups in total. The third-order valence-electron chi connectivity index (χ3n) is 4.17. The quantitative estimate of drug-likeness (QED) is 0.745. The zero-order valence-corrected chi connectivity index (χ0v) is 11.9. The van der Waals surface area contributed by atoms with Crippen molar-refractivity contribution in [2.24, 2.45) is 5.41 Å². The molecular weight excluding hydrogens is 244 g/mol. The fourth-order valence-corrected chi connectivity index (χ4v) is 2.97. The van der Waals surface area contributed by atoms with Crippen LogP contribution in [0.15, 0.2) is 0 Å². The van der Waals surface area contributed by atoms with Crippen LogP contribution in [0.2, 0.25) is 0 Å². The van der Waals surface area contributed by atoms with Crippen LogP contribution in [0.5, 0.6) is 0 Å². The van der Waals surface area contributed by atoms with Crippen LogP contribution in [0.4, 0.5) is 0 Å². The Hall–Kier alpha value is -0.650. The van der Waals surface area contributed by atoms with Gasteiger partial charge in [-0.2, -0.15) is 0 Å². The monoisotopic (exact) mass is 270 g/mol. The van der Waals surface area contributed by atoms with Crippen molar-refractivity contribution >= 4 is 5.91 Å². The van der Waals surface area contributed by atoms with E-state index in [9.17, 15) is 4.79 Å². The maximum atomic E-state index is 12.3. The van der Waals surface area contributed by atoms with Crippen molar-refractivity contribution in [1.29, 1.82) is 0 Å². The second-order valence-electron chi connectivity index (χ2n) is 5.67. The van der Waals surface area contributed by atoms with Gasteiger partial charge in [-0.05, 0) is 38.6 Å². The highest BCUT2D eigenvalue weighted by Gasteiger charge is 2.41. The molecule has 110 valence electrons. The number of amides is 1. The van der Waals surface area contributed by atoms with E-state index in [1.54, 1.807) is 7.11 Å². The minimum absolute atomic E-state index is 0.121. The predicted molar refractivity (Wildman–Crippen MR) is 73.0 cm³/mol. The highest BCUT2D eigenvalue weighted by atomic mass is 16.5. The summed E-state index contributed by atoms with van der Waals surface area (Å²) in [5.41, 5.74) is -0.373. The van der Waals surface area contributed by atoms with Crippen LogP contribution in [0.25, 0.3) is 0 Å². The highest BCUT2D eigenvalue weighted by molar-refractivity contribution is 5.83. The summed E-state index contributed by atoms with van der Waals surface area (Å²) < 4.78 is 10.9. The molecule has 2 fully saturated rings. The van der Waals surface area contributed by atoms with Crippen molar-refractivity contribution in [3.8, 4) is 0 Å². The Morgan fingerprint density at radius 1 is 1.53 bits per heavy atom. The number of ether oxygens (including phenoxy) is 2. The van der Waals surface area contributed by atoms with Crippen molar-refractivity contribution in [3.05, 3.63) is 0 Å². The molecule has 1 amide bonds. The Morgan fingerprint density at radius 3 is 3.05 bits per heavy atom. The Bertz CT molecular complexity index is 284. The van der Waals surface area contributed by atoms with Gasteiger partial charge in [-0.3, -0.25) is 4.79 Å². The fraction of sp³-hybridized carbons (Fsp3) is 0.929. The molecule has 19 heavy (non-hydrogen) atoms. The first-order valence-electron chi connectivity index (χ1n) is 7.36. The van der Waals surface area contributed by atoms with Gasteiger partial charge >= 0.3 is 0 Å². The smallest absolute Gasteiger partial charge is 0.229 e. The molecule has 0 radical (unpaired) electrons. The standard InChI is InChI=1S/C14H26N2O3/c1-18-11-14(6-8-15-10-14)13(17)16-7-5-12-4-2-3-9-19-12/h12,15H,2-11H2,1H3,(H,16,17). The summed E-state index contributed by atoms with van der Waals surface area (Å²) in [7, 11) is 1.66. The molecule has 2 saturated heterocycles. The molecule has 0 aromatic heterocycles. The van der Waals surface area contributed by atoms with E-state index in [1.807, 2.05) is 0 Å². The number of nitrogens with one attached hydrogen (secondary N) is 2. The van der Waals surface area contributed by atoms with Crippen molar-refractivity contribution in [2.45, 2.75) is 38.2 Å². The summed E-state index contributed by atoms with van der Waals surface area (Å²) in [6.07, 6.45) is 5.64. The summed E-state index contributed by atoms with van der Waals surface area (Å²) >= 11 is 0. The average molecular weight is 270 g/mol. The SMILES string of the molecule is COCC1(C(=O)NCCC2CCCCO2)CCNC1. The molecule has 0 saturated carbocycles.